The van der Waals surface area contributed by atoms with Gasteiger partial charge in [0.1, 0.15) is 6.04 Å². The molecule has 6 nitrogen and oxygen atoms in total. The van der Waals surface area contributed by atoms with Crippen molar-refractivity contribution in [2.24, 2.45) is 0 Å². The quantitative estimate of drug-likeness (QED) is 0.392. The molecule has 1 N–H and O–H groups in total. The Hall–Kier alpha value is -3.38. The van der Waals surface area contributed by atoms with Crippen molar-refractivity contribution < 1.29 is 14.4 Å². The first kappa shape index (κ1) is 25.7. The van der Waals surface area contributed by atoms with Gasteiger partial charge in [0.15, 0.2) is 0 Å². The molecule has 1 heterocycles. The summed E-state index contributed by atoms with van der Waals surface area (Å²) < 4.78 is 0. The number of rotatable bonds is 10. The maximum Gasteiger partial charge on any atom is 0.258 e. The fraction of sp³-hybridized carbons (Fsp3) is 0.345. The van der Waals surface area contributed by atoms with Crippen LogP contribution >= 0.6 is 11.6 Å². The molecule has 3 aromatic carbocycles. The fourth-order valence-electron chi connectivity index (χ4n) is 4.57. The second kappa shape index (κ2) is 11.1. The van der Waals surface area contributed by atoms with Crippen LogP contribution in [0.2, 0.25) is 5.02 Å². The fourth-order valence-corrected chi connectivity index (χ4v) is 4.69. The Morgan fingerprint density at radius 2 is 1.72 bits per heavy atom. The summed E-state index contributed by atoms with van der Waals surface area (Å²) in [6, 6.07) is 18.3. The monoisotopic (exact) mass is 505 g/mol. The van der Waals surface area contributed by atoms with Gasteiger partial charge in [-0.15, -0.1) is 0 Å². The third kappa shape index (κ3) is 5.39. The van der Waals surface area contributed by atoms with Crippen LogP contribution in [0.4, 0.5) is 5.69 Å². The Morgan fingerprint density at radius 1 is 1.03 bits per heavy atom. The number of nitrogens with one attached hydrogen (secondary N) is 1. The number of anilines is 1. The van der Waals surface area contributed by atoms with Crippen LogP contribution in [-0.4, -0.2) is 41.2 Å². The number of amides is 3. The number of carbonyl (C=O) groups excluding carboxylic acids is 3. The molecule has 2 atom stereocenters. The van der Waals surface area contributed by atoms with Crippen LogP contribution in [0.3, 0.4) is 0 Å². The molecule has 0 aromatic heterocycles. The van der Waals surface area contributed by atoms with E-state index < -0.39 is 6.04 Å². The van der Waals surface area contributed by atoms with E-state index in [1.54, 1.807) is 28.9 Å². The zero-order valence-corrected chi connectivity index (χ0v) is 21.7. The first-order valence-electron chi connectivity index (χ1n) is 12.5. The van der Waals surface area contributed by atoms with Crippen molar-refractivity contribution >= 4 is 45.8 Å². The molecule has 0 aliphatic carbocycles. The summed E-state index contributed by atoms with van der Waals surface area (Å²) >= 11 is 6.03. The molecule has 0 saturated heterocycles. The van der Waals surface area contributed by atoms with Crippen LogP contribution in [0.15, 0.2) is 60.7 Å². The van der Waals surface area contributed by atoms with Crippen molar-refractivity contribution in [3.05, 3.63) is 76.8 Å². The van der Waals surface area contributed by atoms with Crippen molar-refractivity contribution in [3.8, 4) is 0 Å². The van der Waals surface area contributed by atoms with Gasteiger partial charge in [-0.2, -0.15) is 0 Å². The lowest BCUT2D eigenvalue weighted by molar-refractivity contribution is -0.140. The minimum absolute atomic E-state index is 0.0259. The van der Waals surface area contributed by atoms with E-state index in [0.29, 0.717) is 30.1 Å². The van der Waals surface area contributed by atoms with Gasteiger partial charge < -0.3 is 15.1 Å². The highest BCUT2D eigenvalue weighted by atomic mass is 35.5. The SMILES string of the molecule is CCC(C)NC(=O)C(C)N(Cc1ccc(Cl)cc1)C(=O)CCCN1C(=O)c2cccc3cccc1c23. The lowest BCUT2D eigenvalue weighted by atomic mass is 10.1. The van der Waals surface area contributed by atoms with Crippen molar-refractivity contribution in [1.29, 1.82) is 0 Å². The maximum absolute atomic E-state index is 13.4. The van der Waals surface area contributed by atoms with E-state index in [1.807, 2.05) is 62.4 Å². The number of halogens is 1. The Bertz CT molecular complexity index is 1270. The van der Waals surface area contributed by atoms with E-state index in [-0.39, 0.29) is 30.2 Å². The number of carbonyl (C=O) groups is 3. The molecule has 7 heteroatoms. The summed E-state index contributed by atoms with van der Waals surface area (Å²) in [4.78, 5) is 42.7. The van der Waals surface area contributed by atoms with Crippen molar-refractivity contribution in [3.63, 3.8) is 0 Å². The van der Waals surface area contributed by atoms with Crippen LogP contribution in [0.5, 0.6) is 0 Å². The number of hydrogen-bond acceptors (Lipinski definition) is 3. The van der Waals surface area contributed by atoms with Crippen LogP contribution in [0, 0.1) is 0 Å². The van der Waals surface area contributed by atoms with E-state index in [1.165, 1.54) is 0 Å². The molecular weight excluding hydrogens is 474 g/mol. The standard InChI is InChI=1S/C29H32ClN3O3/c1-4-19(2)31-28(35)20(3)33(18-21-13-15-23(30)16-14-21)26(34)12-7-17-32-25-11-6-9-22-8-5-10-24(27(22)25)29(32)36/h5-6,8-11,13-16,19-20H,4,7,12,17-18H2,1-3H3,(H,31,35). The average molecular weight is 506 g/mol. The molecular formula is C29H32ClN3O3. The predicted molar refractivity (Wildman–Crippen MR) is 144 cm³/mol. The summed E-state index contributed by atoms with van der Waals surface area (Å²) in [5, 5.41) is 5.60. The van der Waals surface area contributed by atoms with E-state index in [4.69, 9.17) is 11.6 Å². The number of hydrogen-bond donors (Lipinski definition) is 1. The van der Waals surface area contributed by atoms with Gasteiger partial charge in [-0.3, -0.25) is 14.4 Å². The van der Waals surface area contributed by atoms with Crippen molar-refractivity contribution in [2.45, 2.75) is 58.7 Å². The van der Waals surface area contributed by atoms with Crippen LogP contribution in [0.1, 0.15) is 56.0 Å². The van der Waals surface area contributed by atoms with E-state index in [2.05, 4.69) is 5.32 Å². The van der Waals surface area contributed by atoms with Crippen molar-refractivity contribution in [2.75, 3.05) is 11.4 Å². The Morgan fingerprint density at radius 3 is 2.42 bits per heavy atom. The van der Waals surface area contributed by atoms with Crippen LogP contribution < -0.4 is 10.2 Å². The first-order valence-corrected chi connectivity index (χ1v) is 12.9. The third-order valence-electron chi connectivity index (χ3n) is 6.86. The summed E-state index contributed by atoms with van der Waals surface area (Å²) in [5.41, 5.74) is 2.49. The van der Waals surface area contributed by atoms with Gasteiger partial charge in [0, 0.05) is 41.5 Å². The van der Waals surface area contributed by atoms with Gasteiger partial charge in [0.25, 0.3) is 5.91 Å². The van der Waals surface area contributed by atoms with Gasteiger partial charge >= 0.3 is 0 Å². The van der Waals surface area contributed by atoms with Gasteiger partial charge in [-0.1, -0.05) is 54.9 Å². The Balaban J connectivity index is 1.46. The summed E-state index contributed by atoms with van der Waals surface area (Å²) in [6.45, 7) is 6.44. The highest BCUT2D eigenvalue weighted by Gasteiger charge is 2.30. The summed E-state index contributed by atoms with van der Waals surface area (Å²) in [6.07, 6.45) is 1.53. The molecule has 4 rings (SSSR count). The molecule has 36 heavy (non-hydrogen) atoms. The van der Waals surface area contributed by atoms with Crippen LogP contribution in [-0.2, 0) is 16.1 Å². The van der Waals surface area contributed by atoms with E-state index in [0.717, 1.165) is 28.4 Å². The minimum Gasteiger partial charge on any atom is -0.352 e. The number of nitrogens with zero attached hydrogens (tertiary/aromatic N) is 2. The highest BCUT2D eigenvalue weighted by molar-refractivity contribution is 6.30. The number of benzene rings is 3. The molecule has 0 bridgehead atoms. The van der Waals surface area contributed by atoms with E-state index >= 15 is 0 Å². The summed E-state index contributed by atoms with van der Waals surface area (Å²) in [7, 11) is 0. The molecule has 0 saturated carbocycles. The predicted octanol–water partition coefficient (Wildman–Crippen LogP) is 5.57. The first-order chi connectivity index (χ1) is 17.3. The molecule has 1 aliphatic rings. The Kier molecular flexibility index (Phi) is 7.94. The summed E-state index contributed by atoms with van der Waals surface area (Å²) in [5.74, 6) is -0.337. The zero-order valence-electron chi connectivity index (χ0n) is 21.0. The Labute approximate surface area is 217 Å². The minimum atomic E-state index is -0.631. The van der Waals surface area contributed by atoms with Gasteiger partial charge in [0.05, 0.1) is 5.69 Å². The smallest absolute Gasteiger partial charge is 0.258 e. The molecule has 188 valence electrons. The lowest BCUT2D eigenvalue weighted by Crippen LogP contribution is -2.49. The zero-order chi connectivity index (χ0) is 25.8. The molecule has 2 unspecified atom stereocenters. The van der Waals surface area contributed by atoms with Gasteiger partial charge in [-0.05, 0) is 61.9 Å². The average Bonchev–Trinajstić information content (AvgIpc) is 3.15. The van der Waals surface area contributed by atoms with Gasteiger partial charge in [-0.25, -0.2) is 0 Å². The lowest BCUT2D eigenvalue weighted by Gasteiger charge is -2.30. The normalized spacial score (nSPS) is 14.1. The molecule has 0 radical (unpaired) electrons. The largest absolute Gasteiger partial charge is 0.352 e. The molecule has 3 amide bonds. The van der Waals surface area contributed by atoms with Gasteiger partial charge in [0.2, 0.25) is 11.8 Å². The molecule has 3 aromatic rings. The third-order valence-corrected chi connectivity index (χ3v) is 7.11. The van der Waals surface area contributed by atoms with Crippen LogP contribution in [0.25, 0.3) is 10.8 Å². The van der Waals surface area contributed by atoms with Crippen molar-refractivity contribution in [1.82, 2.24) is 10.2 Å². The maximum atomic E-state index is 13.4. The topological polar surface area (TPSA) is 69.7 Å². The molecule has 0 spiro atoms. The molecule has 1 aliphatic heterocycles. The second-order valence-corrected chi connectivity index (χ2v) is 9.82. The second-order valence-electron chi connectivity index (χ2n) is 9.38. The highest BCUT2D eigenvalue weighted by Crippen LogP contribution is 2.37. The molecule has 0 fully saturated rings. The van der Waals surface area contributed by atoms with E-state index in [9.17, 15) is 14.4 Å².